The molecule has 1 aliphatic rings. The Kier molecular flexibility index (Phi) is 4.29. The van der Waals surface area contributed by atoms with E-state index in [0.29, 0.717) is 24.2 Å². The lowest BCUT2D eigenvalue weighted by molar-refractivity contribution is -0.131. The summed E-state index contributed by atoms with van der Waals surface area (Å²) >= 11 is 0. The van der Waals surface area contributed by atoms with Gasteiger partial charge in [-0.1, -0.05) is 0 Å². The van der Waals surface area contributed by atoms with E-state index in [1.165, 1.54) is 12.8 Å². The summed E-state index contributed by atoms with van der Waals surface area (Å²) in [6.45, 7) is 2.38. The number of nitrogens with zero attached hydrogens (tertiary/aromatic N) is 4. The van der Waals surface area contributed by atoms with Gasteiger partial charge in [0.15, 0.2) is 11.6 Å². The van der Waals surface area contributed by atoms with Crippen molar-refractivity contribution < 1.29 is 9.53 Å². The van der Waals surface area contributed by atoms with Crippen LogP contribution in [0.5, 0.6) is 0 Å². The Morgan fingerprint density at radius 1 is 1.45 bits per heavy atom. The van der Waals surface area contributed by atoms with E-state index in [9.17, 15) is 4.79 Å². The molecule has 8 nitrogen and oxygen atoms in total. The van der Waals surface area contributed by atoms with Crippen molar-refractivity contribution >= 4 is 11.7 Å². The van der Waals surface area contributed by atoms with Crippen LogP contribution in [-0.2, 0) is 9.53 Å². The fraction of sp³-hybridized carbons (Fsp3) is 0.429. The first kappa shape index (κ1) is 14.5. The number of ether oxygens (including phenoxy) is 1. The Labute approximate surface area is 127 Å². The molecule has 0 spiro atoms. The number of rotatable bonds is 7. The summed E-state index contributed by atoms with van der Waals surface area (Å²) in [5, 5.41) is 8.02. The van der Waals surface area contributed by atoms with Crippen molar-refractivity contribution in [1.82, 2.24) is 25.2 Å². The SMILES string of the molecule is CC(OCC1CC1)C(=O)NNc1ccc(-n2ccnc2)nn1. The van der Waals surface area contributed by atoms with Gasteiger partial charge in [-0.25, -0.2) is 4.98 Å². The Morgan fingerprint density at radius 3 is 2.95 bits per heavy atom. The molecule has 0 bridgehead atoms. The molecule has 3 rings (SSSR count). The van der Waals surface area contributed by atoms with E-state index < -0.39 is 6.10 Å². The molecule has 2 N–H and O–H groups in total. The highest BCUT2D eigenvalue weighted by atomic mass is 16.5. The minimum Gasteiger partial charge on any atom is -0.368 e. The van der Waals surface area contributed by atoms with Crippen LogP contribution in [0, 0.1) is 5.92 Å². The van der Waals surface area contributed by atoms with Crippen molar-refractivity contribution in [1.29, 1.82) is 0 Å². The molecule has 22 heavy (non-hydrogen) atoms. The second-order valence-electron chi connectivity index (χ2n) is 5.28. The van der Waals surface area contributed by atoms with Gasteiger partial charge < -0.3 is 4.74 Å². The Hall–Kier alpha value is -2.48. The van der Waals surface area contributed by atoms with Gasteiger partial charge in [-0.2, -0.15) is 0 Å². The first-order valence-corrected chi connectivity index (χ1v) is 7.22. The molecule has 1 atom stereocenters. The van der Waals surface area contributed by atoms with E-state index in [4.69, 9.17) is 4.74 Å². The molecule has 2 heterocycles. The highest BCUT2D eigenvalue weighted by molar-refractivity contribution is 5.81. The van der Waals surface area contributed by atoms with Crippen LogP contribution in [0.15, 0.2) is 30.9 Å². The molecule has 1 aliphatic carbocycles. The zero-order valence-corrected chi connectivity index (χ0v) is 12.3. The molecule has 116 valence electrons. The lowest BCUT2D eigenvalue weighted by atomic mass is 10.4. The largest absolute Gasteiger partial charge is 0.368 e. The van der Waals surface area contributed by atoms with Gasteiger partial charge in [-0.15, -0.1) is 10.2 Å². The normalized spacial score (nSPS) is 15.3. The third-order valence-electron chi connectivity index (χ3n) is 3.38. The van der Waals surface area contributed by atoms with Crippen LogP contribution >= 0.6 is 0 Å². The van der Waals surface area contributed by atoms with Crippen molar-refractivity contribution in [2.45, 2.75) is 25.9 Å². The van der Waals surface area contributed by atoms with Crippen molar-refractivity contribution in [2.24, 2.45) is 5.92 Å². The third kappa shape index (κ3) is 3.79. The maximum absolute atomic E-state index is 11.8. The highest BCUT2D eigenvalue weighted by Gasteiger charge is 2.24. The number of amides is 1. The van der Waals surface area contributed by atoms with Gasteiger partial charge in [0.25, 0.3) is 5.91 Å². The first-order chi connectivity index (χ1) is 10.7. The maximum Gasteiger partial charge on any atom is 0.267 e. The first-order valence-electron chi connectivity index (χ1n) is 7.22. The van der Waals surface area contributed by atoms with Crippen LogP contribution in [0.1, 0.15) is 19.8 Å². The van der Waals surface area contributed by atoms with Gasteiger partial charge in [-0.3, -0.25) is 20.2 Å². The summed E-state index contributed by atoms with van der Waals surface area (Å²) in [5.41, 5.74) is 5.28. The summed E-state index contributed by atoms with van der Waals surface area (Å²) in [4.78, 5) is 15.8. The molecule has 2 aromatic rings. The standard InChI is InChI=1S/C14H18N6O2/c1-10(22-8-11-2-3-11)14(21)19-17-12-4-5-13(18-16-12)20-7-6-15-9-20/h4-7,9-11H,2-3,8H2,1H3,(H,16,17)(H,19,21). The number of nitrogens with one attached hydrogen (secondary N) is 2. The van der Waals surface area contributed by atoms with E-state index in [-0.39, 0.29) is 5.91 Å². The predicted octanol–water partition coefficient (Wildman–Crippen LogP) is 0.920. The monoisotopic (exact) mass is 302 g/mol. The Morgan fingerprint density at radius 2 is 2.32 bits per heavy atom. The fourth-order valence-corrected chi connectivity index (χ4v) is 1.79. The maximum atomic E-state index is 11.8. The van der Waals surface area contributed by atoms with E-state index in [2.05, 4.69) is 26.0 Å². The molecule has 1 fully saturated rings. The van der Waals surface area contributed by atoms with Crippen LogP contribution in [0.3, 0.4) is 0 Å². The fourth-order valence-electron chi connectivity index (χ4n) is 1.79. The zero-order chi connectivity index (χ0) is 15.4. The molecule has 2 aromatic heterocycles. The average molecular weight is 302 g/mol. The molecule has 0 aromatic carbocycles. The second kappa shape index (κ2) is 6.52. The smallest absolute Gasteiger partial charge is 0.267 e. The number of anilines is 1. The van der Waals surface area contributed by atoms with E-state index in [1.54, 1.807) is 42.3 Å². The molecular weight excluding hydrogens is 284 g/mol. The zero-order valence-electron chi connectivity index (χ0n) is 12.3. The van der Waals surface area contributed by atoms with E-state index in [1.807, 2.05) is 0 Å². The highest BCUT2D eigenvalue weighted by Crippen LogP contribution is 2.29. The number of hydrogen-bond donors (Lipinski definition) is 2. The Bertz CT molecular complexity index is 609. The van der Waals surface area contributed by atoms with Crippen LogP contribution in [0.2, 0.25) is 0 Å². The van der Waals surface area contributed by atoms with Crippen LogP contribution < -0.4 is 10.9 Å². The molecule has 0 radical (unpaired) electrons. The lowest BCUT2D eigenvalue weighted by Gasteiger charge is -2.13. The van der Waals surface area contributed by atoms with E-state index >= 15 is 0 Å². The number of carbonyl (C=O) groups excluding carboxylic acids is 1. The predicted molar refractivity (Wildman–Crippen MR) is 79.1 cm³/mol. The van der Waals surface area contributed by atoms with Crippen molar-refractivity contribution in [3.05, 3.63) is 30.9 Å². The van der Waals surface area contributed by atoms with Gasteiger partial charge in [0.2, 0.25) is 0 Å². The van der Waals surface area contributed by atoms with Crippen molar-refractivity contribution in [3.63, 3.8) is 0 Å². The number of imidazole rings is 1. The summed E-state index contributed by atoms with van der Waals surface area (Å²) in [7, 11) is 0. The summed E-state index contributed by atoms with van der Waals surface area (Å²) < 4.78 is 7.23. The number of hydrazine groups is 1. The molecule has 1 saturated carbocycles. The lowest BCUT2D eigenvalue weighted by Crippen LogP contribution is -2.38. The number of hydrogen-bond acceptors (Lipinski definition) is 6. The summed E-state index contributed by atoms with van der Waals surface area (Å²) in [6.07, 6.45) is 6.98. The van der Waals surface area contributed by atoms with Crippen LogP contribution in [0.25, 0.3) is 5.82 Å². The molecule has 8 heteroatoms. The summed E-state index contributed by atoms with van der Waals surface area (Å²) in [6, 6.07) is 3.49. The van der Waals surface area contributed by atoms with Crippen molar-refractivity contribution in [3.8, 4) is 5.82 Å². The van der Waals surface area contributed by atoms with Gasteiger partial charge >= 0.3 is 0 Å². The van der Waals surface area contributed by atoms with E-state index in [0.717, 1.165) is 0 Å². The number of carbonyl (C=O) groups is 1. The molecular formula is C14H18N6O2. The number of aromatic nitrogens is 4. The third-order valence-corrected chi connectivity index (χ3v) is 3.38. The van der Waals surface area contributed by atoms with Crippen molar-refractivity contribution in [2.75, 3.05) is 12.0 Å². The van der Waals surface area contributed by atoms with Gasteiger partial charge in [-0.05, 0) is 37.8 Å². The second-order valence-corrected chi connectivity index (χ2v) is 5.28. The molecule has 0 saturated heterocycles. The Balaban J connectivity index is 1.47. The molecule has 1 amide bonds. The average Bonchev–Trinajstić information content (AvgIpc) is 3.22. The van der Waals surface area contributed by atoms with Gasteiger partial charge in [0.05, 0.1) is 6.61 Å². The van der Waals surface area contributed by atoms with Crippen LogP contribution in [-0.4, -0.2) is 38.4 Å². The topological polar surface area (TPSA) is 94.0 Å². The van der Waals surface area contributed by atoms with Crippen LogP contribution in [0.4, 0.5) is 5.82 Å². The quantitative estimate of drug-likeness (QED) is 0.739. The minimum absolute atomic E-state index is 0.235. The minimum atomic E-state index is -0.494. The van der Waals surface area contributed by atoms with Gasteiger partial charge in [0.1, 0.15) is 12.4 Å². The molecule has 0 aliphatic heterocycles. The van der Waals surface area contributed by atoms with Gasteiger partial charge in [0, 0.05) is 12.4 Å². The molecule has 1 unspecified atom stereocenters. The summed E-state index contributed by atoms with van der Waals surface area (Å²) in [5.74, 6) is 1.49.